The van der Waals surface area contributed by atoms with Crippen molar-refractivity contribution >= 4 is 86.8 Å². The number of aliphatic hydroxyl groups is 2. The monoisotopic (exact) mass is 1470 g/mol. The smallest absolute Gasteiger partial charge is 0.296 e. The Morgan fingerprint density at radius 2 is 1.05 bits per heavy atom. The summed E-state index contributed by atoms with van der Waals surface area (Å²) < 4.78 is 23.8. The number of amides is 2. The van der Waals surface area contributed by atoms with Crippen LogP contribution < -0.4 is 25.3 Å². The molecule has 12 atom stereocenters. The van der Waals surface area contributed by atoms with E-state index in [1.807, 2.05) is 55.4 Å². The van der Waals surface area contributed by atoms with Crippen LogP contribution in [0.1, 0.15) is 222 Å². The molecule has 0 radical (unpaired) electrons. The Morgan fingerprint density at radius 1 is 0.602 bits per heavy atom. The van der Waals surface area contributed by atoms with Gasteiger partial charge in [0.15, 0.2) is 40.3 Å². The first kappa shape index (κ1) is 80.7. The van der Waals surface area contributed by atoms with Crippen LogP contribution in [0.4, 0.5) is 6.01 Å². The van der Waals surface area contributed by atoms with E-state index in [4.69, 9.17) is 47.6 Å². The van der Waals surface area contributed by atoms with Crippen LogP contribution in [-0.2, 0) is 38.4 Å². The first-order valence-corrected chi connectivity index (χ1v) is 38.9. The zero-order valence-corrected chi connectivity index (χ0v) is 63.6. The number of aromatic nitrogens is 3. The molecule has 1 aromatic carbocycles. The Kier molecular flexibility index (Phi) is 28.8. The maximum atomic E-state index is 15.0. The summed E-state index contributed by atoms with van der Waals surface area (Å²) in [6.07, 6.45) is 16.8. The number of carbonyl (C=O) groups excluding carboxylic acids is 8. The number of oxazole rings is 1. The predicted molar refractivity (Wildman–Crippen MR) is 395 cm³/mol. The number of nitrogens with one attached hydrogen (secondary N) is 1. The average Bonchev–Trinajstić information content (AvgIpc) is 1.72. The molecule has 2 unspecified atom stereocenters. The number of pyridine rings is 2. The van der Waals surface area contributed by atoms with Gasteiger partial charge in [-0.3, -0.25) is 38.4 Å². The van der Waals surface area contributed by atoms with E-state index in [0.29, 0.717) is 89.0 Å². The highest BCUT2D eigenvalue weighted by Gasteiger charge is 2.50. The summed E-state index contributed by atoms with van der Waals surface area (Å²) in [5, 5.41) is 26.4. The molecule has 4 aromatic rings. The highest BCUT2D eigenvalue weighted by molar-refractivity contribution is 6.30. The fraction of sp³-hybridized carbons (Fsp3) is 0.688. The van der Waals surface area contributed by atoms with E-state index >= 15 is 0 Å². The van der Waals surface area contributed by atoms with E-state index in [1.165, 1.54) is 12.4 Å². The number of nitrogens with two attached hydrogens (primary N) is 1. The normalized spacial score (nSPS) is 22.2. The number of hydrogen-bond acceptors (Lipinski definition) is 19. The lowest BCUT2D eigenvalue weighted by Gasteiger charge is -2.36. The molecule has 6 aliphatic rings. The summed E-state index contributed by atoms with van der Waals surface area (Å²) in [5.41, 5.74) is 6.43. The van der Waals surface area contributed by atoms with E-state index in [2.05, 4.69) is 20.3 Å². The van der Waals surface area contributed by atoms with Gasteiger partial charge in [0.2, 0.25) is 23.6 Å². The Labute approximate surface area is 618 Å². The van der Waals surface area contributed by atoms with E-state index in [9.17, 15) is 48.6 Å². The topological polar surface area (TPSA) is 301 Å². The first-order valence-electron chi connectivity index (χ1n) is 38.2. The number of likely N-dealkylation sites (tertiary alicyclic amines) is 2. The third kappa shape index (κ3) is 22.6. The summed E-state index contributed by atoms with van der Waals surface area (Å²) in [7, 11) is 1.59. The van der Waals surface area contributed by atoms with Gasteiger partial charge in [0.25, 0.3) is 6.01 Å². The maximum absolute atomic E-state index is 15.0. The molecule has 3 aromatic heterocycles. The van der Waals surface area contributed by atoms with Crippen molar-refractivity contribution < 1.29 is 67.2 Å². The van der Waals surface area contributed by atoms with Crippen molar-refractivity contribution in [1.29, 1.82) is 0 Å². The zero-order chi connectivity index (χ0) is 74.4. The molecule has 4 aliphatic carbocycles. The van der Waals surface area contributed by atoms with Gasteiger partial charge in [0, 0.05) is 93.8 Å². The number of ketones is 6. The molecule has 4 saturated carbocycles. The van der Waals surface area contributed by atoms with E-state index in [1.54, 1.807) is 59.4 Å². The van der Waals surface area contributed by atoms with Gasteiger partial charge in [0.1, 0.15) is 35.7 Å². The minimum absolute atomic E-state index is 0.00845. The Morgan fingerprint density at radius 3 is 1.46 bits per heavy atom. The molecule has 5 heterocycles. The second kappa shape index (κ2) is 36.7. The van der Waals surface area contributed by atoms with Crippen molar-refractivity contribution in [3.05, 3.63) is 64.9 Å². The van der Waals surface area contributed by atoms with Gasteiger partial charge in [-0.15, -0.1) is 0 Å². The number of fused-ring (bicyclic) bond motifs is 1. The number of Topliss-reactive ketones (excluding diaryl/α,β-unsaturated/α-hetero) is 6. The molecule has 23 heteroatoms. The molecule has 0 bridgehead atoms. The summed E-state index contributed by atoms with van der Waals surface area (Å²) in [4.78, 5) is 128. The fourth-order valence-electron chi connectivity index (χ4n) is 15.8. The summed E-state index contributed by atoms with van der Waals surface area (Å²) in [6.45, 7) is 15.8. The lowest BCUT2D eigenvalue weighted by molar-refractivity contribution is -0.146. The van der Waals surface area contributed by atoms with Crippen molar-refractivity contribution in [2.45, 2.75) is 271 Å². The van der Waals surface area contributed by atoms with Gasteiger partial charge in [-0.25, -0.2) is 9.97 Å². The lowest BCUT2D eigenvalue weighted by atomic mass is 9.74. The number of aliphatic hydroxyl groups excluding tert-OH is 2. The standard InChI is InChI=1S/C44H59ClN4O8.C36H54ClN3O6/c1-6-10-28(41(53)37(52)19-26-13-14-26)20-35(50)34-22-31(56-39-18-15-29(45)24-46-39)25-49(34)42(54)32(44(2,3)4)23-36(51)40(27-11-8-7-9-12-27)48-43-47-33-21-30(55-5)16-17-38(33)57-43;1-5-9-24(34(44)31(43)16-22-12-13-22)17-29(41)28-18-26(46-32-15-14-25(37)20-39-32)21-40(28)35(45)27(36(2,3)4)19-30(42)33(38)23-10-7-6-8-11-23/h15-18,21,24,26-28,31-32,34,40-41,53H,6-14,19-20,22-23,25H2,1-5H3,(H,47,48);14-15,20,22-24,26-28,33-34,44H,5-13,16-19,21,38H2,1-4H3/t28-,31-,32-,34+,40+,41?;24-,26-,27-,28+,33+,34?/m11/s1. The fourth-order valence-corrected chi connectivity index (χ4v) is 16.1. The van der Waals surface area contributed by atoms with Crippen LogP contribution in [0.15, 0.2) is 59.3 Å². The maximum Gasteiger partial charge on any atom is 0.296 e. The van der Waals surface area contributed by atoms with Crippen LogP contribution in [0, 0.1) is 58.2 Å². The number of anilines is 1. The first-order chi connectivity index (χ1) is 49.0. The zero-order valence-electron chi connectivity index (χ0n) is 62.1. The van der Waals surface area contributed by atoms with Crippen LogP contribution in [-0.4, -0.2) is 150 Å². The third-order valence-corrected chi connectivity index (χ3v) is 22.8. The second-order valence-electron chi connectivity index (χ2n) is 32.6. The number of rotatable bonds is 35. The number of carbonyl (C=O) groups is 8. The van der Waals surface area contributed by atoms with Crippen molar-refractivity contribution in [1.82, 2.24) is 24.8 Å². The van der Waals surface area contributed by atoms with Crippen LogP contribution in [0.3, 0.4) is 0 Å². The summed E-state index contributed by atoms with van der Waals surface area (Å²) in [5.74, 6) is -2.10. The molecule has 2 amide bonds. The van der Waals surface area contributed by atoms with Gasteiger partial charge in [0.05, 0.1) is 54.4 Å². The Balaban J connectivity index is 0.000000245. The lowest BCUT2D eigenvalue weighted by Crippen LogP contribution is -2.49. The highest BCUT2D eigenvalue weighted by Crippen LogP contribution is 2.42. The van der Waals surface area contributed by atoms with E-state index in [-0.39, 0.29) is 116 Å². The molecular formula is C80H113Cl2N7O14. The number of nitrogens with zero attached hydrogens (tertiary/aromatic N) is 5. The van der Waals surface area contributed by atoms with Crippen molar-refractivity contribution in [2.75, 3.05) is 25.5 Å². The molecule has 103 heavy (non-hydrogen) atoms. The van der Waals surface area contributed by atoms with Gasteiger partial charge in [-0.1, -0.05) is 130 Å². The second-order valence-corrected chi connectivity index (χ2v) is 33.5. The van der Waals surface area contributed by atoms with Crippen LogP contribution in [0.5, 0.6) is 17.5 Å². The molecule has 2 saturated heterocycles. The van der Waals surface area contributed by atoms with E-state index in [0.717, 1.165) is 89.9 Å². The predicted octanol–water partition coefficient (Wildman–Crippen LogP) is 13.7. The van der Waals surface area contributed by atoms with Crippen LogP contribution in [0.2, 0.25) is 10.0 Å². The quantitative estimate of drug-likeness (QED) is 0.0333. The number of halogens is 2. The van der Waals surface area contributed by atoms with Crippen LogP contribution in [0.25, 0.3) is 11.1 Å². The number of hydrogen-bond donors (Lipinski definition) is 4. The Bertz CT molecular complexity index is 3520. The third-order valence-electron chi connectivity index (χ3n) is 22.4. The van der Waals surface area contributed by atoms with Gasteiger partial charge < -0.3 is 49.7 Å². The minimum atomic E-state index is -1.24. The van der Waals surface area contributed by atoms with Crippen LogP contribution >= 0.6 is 23.2 Å². The largest absolute Gasteiger partial charge is 0.497 e. The highest BCUT2D eigenvalue weighted by atomic mass is 35.5. The van der Waals surface area contributed by atoms with E-state index < -0.39 is 83.1 Å². The van der Waals surface area contributed by atoms with Gasteiger partial charge in [-0.2, -0.15) is 4.98 Å². The number of ether oxygens (including phenoxy) is 3. The van der Waals surface area contributed by atoms with Gasteiger partial charge >= 0.3 is 0 Å². The van der Waals surface area contributed by atoms with Gasteiger partial charge in [-0.05, 0) is 135 Å². The number of benzene rings is 1. The molecule has 5 N–H and O–H groups in total. The molecule has 2 aliphatic heterocycles. The van der Waals surface area contributed by atoms with Crippen molar-refractivity contribution in [3.63, 3.8) is 0 Å². The summed E-state index contributed by atoms with van der Waals surface area (Å²) >= 11 is 12.1. The molecule has 566 valence electrons. The SMILES string of the molecule is CCC[C@H](CC(=O)[C@@H]1C[C@@H](Oc2ccc(Cl)cn2)CN1C(=O)[C@@H](CC(=O)[C@@H](N)C1CCCCC1)C(C)(C)C)C(O)C(=O)CC1CC1.CCC[C@H](CC(=O)[C@@H]1C[C@@H](Oc2ccc(Cl)cn2)CN1C(=O)[C@@H](CC(=O)[C@@H](Nc1nc2cc(OC)ccc2o1)C1CCCCC1)C(C)(C)C)C(O)C(=O)CC1CC1. The molecule has 6 fully saturated rings. The number of methoxy groups -OCH3 is 1. The molecular weight excluding hydrogens is 1350 g/mol. The molecule has 21 nitrogen and oxygen atoms in total. The average molecular weight is 1470 g/mol. The van der Waals surface area contributed by atoms with Crippen molar-refractivity contribution in [2.24, 2.45) is 63.9 Å². The molecule has 0 spiro atoms. The van der Waals surface area contributed by atoms with Crippen molar-refractivity contribution in [3.8, 4) is 17.5 Å². The summed E-state index contributed by atoms with van der Waals surface area (Å²) in [6, 6.07) is 9.27. The molecule has 10 rings (SSSR count). The minimum Gasteiger partial charge on any atom is -0.497 e. The Hall–Kier alpha value is -6.39.